The first-order valence-corrected chi connectivity index (χ1v) is 17.2. The van der Waals surface area contributed by atoms with Crippen LogP contribution in [0.3, 0.4) is 0 Å². The van der Waals surface area contributed by atoms with Gasteiger partial charge in [0.05, 0.1) is 45.4 Å². The first-order chi connectivity index (χ1) is 22.6. The Kier molecular flexibility index (Phi) is 6.71. The van der Waals surface area contributed by atoms with Crippen LogP contribution in [0.25, 0.3) is 44.5 Å². The smallest absolute Gasteiger partial charge is 0.329 e. The van der Waals surface area contributed by atoms with E-state index in [1.807, 2.05) is 24.3 Å². The number of nitrogens with two attached hydrogens (primary N) is 1. The van der Waals surface area contributed by atoms with Gasteiger partial charge in [-0.05, 0) is 68.4 Å². The Morgan fingerprint density at radius 3 is 2.43 bits per heavy atom. The molecule has 4 aromatic heterocycles. The number of benzene rings is 2. The molecule has 6 aromatic rings. The van der Waals surface area contributed by atoms with E-state index >= 15 is 4.39 Å². The summed E-state index contributed by atoms with van der Waals surface area (Å²) in [6, 6.07) is 15.1. The highest BCUT2D eigenvalue weighted by Gasteiger charge is 2.37. The van der Waals surface area contributed by atoms with Crippen molar-refractivity contribution in [1.82, 2.24) is 27.9 Å². The van der Waals surface area contributed by atoms with Gasteiger partial charge in [0.2, 0.25) is 5.95 Å². The molecule has 2 N–H and O–H groups in total. The number of aryl methyl sites for hydroxylation is 2. The summed E-state index contributed by atoms with van der Waals surface area (Å²) in [5, 5.41) is 4.38. The fourth-order valence-corrected chi connectivity index (χ4v) is 8.98. The van der Waals surface area contributed by atoms with Crippen LogP contribution >= 0.6 is 0 Å². The van der Waals surface area contributed by atoms with E-state index in [1.54, 1.807) is 41.4 Å². The Labute approximate surface area is 270 Å². The summed E-state index contributed by atoms with van der Waals surface area (Å²) in [5.74, 6) is -0.193. The molecule has 47 heavy (non-hydrogen) atoms. The van der Waals surface area contributed by atoms with Gasteiger partial charge in [0.25, 0.3) is 10.0 Å². The predicted molar refractivity (Wildman–Crippen MR) is 176 cm³/mol. The Morgan fingerprint density at radius 2 is 1.74 bits per heavy atom. The third-order valence-corrected chi connectivity index (χ3v) is 11.6. The number of nitrogens with zero attached hydrogens (tertiary/aromatic N) is 6. The standard InChI is InChI=1S/C34H34FN7O4S/c1-39-20-25(31(35)38-39)29-27-21-9-11-23(12-10-21)46-18-6-15-34(36)16-13-22(14-17-34)41-30-26(40(2)33(41)43)19-37-32(28(27)30)42(29)47(44,45)24-7-4-3-5-8-24/h3-5,7-12,19-20,22H,6,13-18,36H2,1-2H3. The molecular formula is C34H34FN7O4S. The van der Waals surface area contributed by atoms with Gasteiger partial charge < -0.3 is 10.5 Å². The quantitative estimate of drug-likeness (QED) is 0.280. The van der Waals surface area contributed by atoms with Crippen LogP contribution < -0.4 is 16.2 Å². The zero-order chi connectivity index (χ0) is 32.7. The molecule has 11 nitrogen and oxygen atoms in total. The van der Waals surface area contributed by atoms with Crippen molar-refractivity contribution in [2.75, 3.05) is 6.61 Å². The van der Waals surface area contributed by atoms with E-state index < -0.39 is 16.0 Å². The average Bonchev–Trinajstić information content (AvgIpc) is 3.68. The number of halogens is 1. The molecule has 0 spiro atoms. The third kappa shape index (κ3) is 4.54. The summed E-state index contributed by atoms with van der Waals surface area (Å²) >= 11 is 0. The second-order valence-electron chi connectivity index (χ2n) is 12.8. The molecule has 8 heterocycles. The first-order valence-electron chi connectivity index (χ1n) is 15.7. The van der Waals surface area contributed by atoms with Gasteiger partial charge in [-0.1, -0.05) is 30.3 Å². The van der Waals surface area contributed by atoms with E-state index in [4.69, 9.17) is 15.5 Å². The Hall–Kier alpha value is -4.75. The molecule has 13 heteroatoms. The summed E-state index contributed by atoms with van der Waals surface area (Å²) < 4.78 is 57.0. The van der Waals surface area contributed by atoms with Crippen molar-refractivity contribution >= 4 is 32.1 Å². The SMILES string of the molecule is Cn1cc(-c2c3c4c(ncc5c4n(c(=O)n5C)C4CCC(N)(CCCOc5ccc-3cc5)CC4)n2S(=O)(=O)c2ccccc2)c(F)n1. The van der Waals surface area contributed by atoms with Gasteiger partial charge in [-0.15, -0.1) is 5.10 Å². The minimum absolute atomic E-state index is 0.00931. The molecule has 0 amide bonds. The van der Waals surface area contributed by atoms with E-state index in [2.05, 4.69) is 5.10 Å². The molecule has 1 saturated carbocycles. The second-order valence-corrected chi connectivity index (χ2v) is 14.6. The van der Waals surface area contributed by atoms with Gasteiger partial charge in [-0.3, -0.25) is 13.8 Å². The maximum Gasteiger partial charge on any atom is 0.329 e. The van der Waals surface area contributed by atoms with Crippen LogP contribution in [0.2, 0.25) is 0 Å². The summed E-state index contributed by atoms with van der Waals surface area (Å²) in [4.78, 5) is 18.8. The molecule has 1 aliphatic carbocycles. The van der Waals surface area contributed by atoms with Gasteiger partial charge in [0, 0.05) is 37.4 Å². The van der Waals surface area contributed by atoms with E-state index in [0.717, 1.165) is 29.7 Å². The number of ether oxygens (including phenoxy) is 1. The maximum atomic E-state index is 15.8. The molecule has 11 rings (SSSR count). The van der Waals surface area contributed by atoms with E-state index in [1.165, 1.54) is 29.2 Å². The molecule has 242 valence electrons. The van der Waals surface area contributed by atoms with Crippen molar-refractivity contribution < 1.29 is 17.5 Å². The van der Waals surface area contributed by atoms with Gasteiger partial charge in [0.1, 0.15) is 5.75 Å². The zero-order valence-corrected chi connectivity index (χ0v) is 26.9. The molecule has 1 fully saturated rings. The predicted octanol–water partition coefficient (Wildman–Crippen LogP) is 5.12. The van der Waals surface area contributed by atoms with Crippen molar-refractivity contribution in [2.45, 2.75) is 55.0 Å². The van der Waals surface area contributed by atoms with Crippen LogP contribution in [0.15, 0.2) is 76.7 Å². The second kappa shape index (κ2) is 10.6. The molecule has 0 atom stereocenters. The van der Waals surface area contributed by atoms with Crippen LogP contribution in [0.5, 0.6) is 5.75 Å². The summed E-state index contributed by atoms with van der Waals surface area (Å²) in [5.41, 5.74) is 8.53. The first kappa shape index (κ1) is 29.6. The Balaban J connectivity index is 1.58. The van der Waals surface area contributed by atoms with Crippen LogP contribution in [0.4, 0.5) is 4.39 Å². The summed E-state index contributed by atoms with van der Waals surface area (Å²) in [6.07, 6.45) is 7.40. The van der Waals surface area contributed by atoms with Gasteiger partial charge in [-0.2, -0.15) is 4.39 Å². The van der Waals surface area contributed by atoms with Crippen LogP contribution in [-0.2, 0) is 24.1 Å². The molecule has 0 unspecified atom stereocenters. The largest absolute Gasteiger partial charge is 0.494 e. The topological polar surface area (TPSA) is 132 Å². The molecule has 0 radical (unpaired) electrons. The lowest BCUT2D eigenvalue weighted by Crippen LogP contribution is -2.44. The summed E-state index contributed by atoms with van der Waals surface area (Å²) in [7, 11) is -1.09. The van der Waals surface area contributed by atoms with E-state index in [0.29, 0.717) is 52.7 Å². The molecule has 0 saturated heterocycles. The van der Waals surface area contributed by atoms with Gasteiger partial charge in [0.15, 0.2) is 5.65 Å². The van der Waals surface area contributed by atoms with Crippen LogP contribution in [-0.4, -0.2) is 48.4 Å². The van der Waals surface area contributed by atoms with Crippen molar-refractivity contribution in [3.63, 3.8) is 0 Å². The highest BCUT2D eigenvalue weighted by atomic mass is 32.2. The highest BCUT2D eigenvalue weighted by Crippen LogP contribution is 2.47. The van der Waals surface area contributed by atoms with Crippen molar-refractivity contribution in [3.05, 3.63) is 83.4 Å². The molecular weight excluding hydrogens is 621 g/mol. The Bertz CT molecular complexity index is 2350. The maximum absolute atomic E-state index is 15.8. The van der Waals surface area contributed by atoms with Crippen LogP contribution in [0, 0.1) is 5.95 Å². The fourth-order valence-electron chi connectivity index (χ4n) is 7.48. The van der Waals surface area contributed by atoms with Crippen LogP contribution in [0.1, 0.15) is 44.6 Å². The zero-order valence-electron chi connectivity index (χ0n) is 26.1. The minimum Gasteiger partial charge on any atom is -0.494 e. The minimum atomic E-state index is -4.36. The number of rotatable bonds is 3. The van der Waals surface area contributed by atoms with E-state index in [9.17, 15) is 13.2 Å². The monoisotopic (exact) mass is 655 g/mol. The van der Waals surface area contributed by atoms with Crippen molar-refractivity contribution in [2.24, 2.45) is 19.8 Å². The van der Waals surface area contributed by atoms with Crippen molar-refractivity contribution in [1.29, 1.82) is 0 Å². The van der Waals surface area contributed by atoms with Crippen molar-refractivity contribution in [3.8, 4) is 28.1 Å². The number of pyridine rings is 1. The highest BCUT2D eigenvalue weighted by molar-refractivity contribution is 7.90. The van der Waals surface area contributed by atoms with Gasteiger partial charge in [-0.25, -0.2) is 22.2 Å². The number of hydrogen-bond donors (Lipinski definition) is 1. The molecule has 2 aromatic carbocycles. The van der Waals surface area contributed by atoms with Gasteiger partial charge >= 0.3 is 5.69 Å². The molecule has 4 bridgehead atoms. The third-order valence-electron chi connectivity index (χ3n) is 9.86. The lowest BCUT2D eigenvalue weighted by atomic mass is 9.77. The number of hydrogen-bond acceptors (Lipinski definition) is 7. The lowest BCUT2D eigenvalue weighted by Gasteiger charge is -2.37. The Morgan fingerprint density at radius 1 is 1.02 bits per heavy atom. The fraction of sp³-hybridized carbons (Fsp3) is 0.324. The normalized spacial score (nSPS) is 20.0. The number of aromatic nitrogens is 6. The number of imidazole rings is 1. The summed E-state index contributed by atoms with van der Waals surface area (Å²) in [6.45, 7) is 0.495. The molecule has 4 aliphatic heterocycles. The molecule has 5 aliphatic rings. The lowest BCUT2D eigenvalue weighted by molar-refractivity contribution is 0.204. The van der Waals surface area contributed by atoms with E-state index in [-0.39, 0.29) is 39.1 Å². The average molecular weight is 656 g/mol.